The van der Waals surface area contributed by atoms with Gasteiger partial charge >= 0.3 is 36.3 Å². The number of carbonyl (C=O) groups excluding carboxylic acids is 6. The monoisotopic (exact) mass is 1140 g/mol. The van der Waals surface area contributed by atoms with Crippen molar-refractivity contribution in [1.82, 2.24) is 21.3 Å². The molecule has 2 heterocycles. The van der Waals surface area contributed by atoms with Gasteiger partial charge in [0.05, 0.1) is 8.07 Å². The van der Waals surface area contributed by atoms with Crippen molar-refractivity contribution in [3.05, 3.63) is 25.3 Å². The number of hydrogen-bond acceptors (Lipinski definition) is 15. The highest BCUT2D eigenvalue weighted by atomic mass is 28.4. The summed E-state index contributed by atoms with van der Waals surface area (Å²) < 4.78 is 52.2. The average Bonchev–Trinajstić information content (AvgIpc) is 4.17. The SMILES string of the molecule is C=CC(=O)OC(C)OC(=O)NC1CC(C)(C)CC(C)(CNC(=O)OC2(C)OC2CC[C@](C)(CC)[Si](C)(C)OC(CC)(CC)[Si](C)(C)CCC2OC2(C)OC(=O)NCC2(C)CC(NC(=O)OC(C)OC(=O)C=C)CC(C)(C)C2)C1. The molecule has 0 aromatic carbocycles. The number of nitrogens with one attached hydrogen (secondary N) is 4. The third-order valence-electron chi connectivity index (χ3n) is 17.7. The summed E-state index contributed by atoms with van der Waals surface area (Å²) in [6.45, 7) is 45.2. The lowest BCUT2D eigenvalue weighted by Crippen LogP contribution is -2.62. The van der Waals surface area contributed by atoms with E-state index in [1.54, 1.807) is 0 Å². The standard InChI is InChI=1S/C57H100N4O15Si2/c1-21-44(62)68-38(6)70-48(66)60-40-30-50(8,9)34-52(12,32-40)36-58-46(64)74-55(15)42(72-55)26-28-54(14,23-3)78(19,20)76-57(24-4,25-5)77(17,18)29-27-43-56(16,73-43)75-47(65)59-37-53(13)33-41(31-51(10,11)35-53)61-49(67)71-39(7)69-45(63)22-2/h21-22,38-43H,1-2,23-37H2,3-20H3,(H,58,64)(H,59,65)(H,60,66)(H,61,67)/t38?,39?,40?,41?,42?,43?,52?,53?,54-,55?,56?/m0/s1. The molecule has 0 aromatic heterocycles. The molecule has 0 bridgehead atoms. The summed E-state index contributed by atoms with van der Waals surface area (Å²) in [4.78, 5) is 75.2. The number of alkyl carbamates (subject to hydrolysis) is 4. The highest BCUT2D eigenvalue weighted by Gasteiger charge is 2.61. The Kier molecular flexibility index (Phi) is 21.5. The van der Waals surface area contributed by atoms with Gasteiger partial charge in [-0.15, -0.1) is 0 Å². The van der Waals surface area contributed by atoms with Crippen LogP contribution >= 0.6 is 0 Å². The maximum absolute atomic E-state index is 13.4. The smallest absolute Gasteiger partial charge is 0.410 e. The number of esters is 2. The van der Waals surface area contributed by atoms with Gasteiger partial charge in [-0.2, -0.15) is 0 Å². The normalized spacial score (nSPS) is 29.8. The Morgan fingerprint density at radius 3 is 1.38 bits per heavy atom. The Morgan fingerprint density at radius 1 is 0.615 bits per heavy atom. The maximum atomic E-state index is 13.4. The zero-order valence-electron chi connectivity index (χ0n) is 50.8. The van der Waals surface area contributed by atoms with Crippen LogP contribution in [0.3, 0.4) is 0 Å². The summed E-state index contributed by atoms with van der Waals surface area (Å²) in [5.74, 6) is -3.47. The molecule has 4 aliphatic rings. The molecule has 2 aliphatic carbocycles. The van der Waals surface area contributed by atoms with E-state index in [0.29, 0.717) is 45.2 Å². The van der Waals surface area contributed by atoms with Crippen LogP contribution in [-0.4, -0.2) is 119 Å². The molecule has 10 unspecified atom stereocenters. The molecule has 2 aliphatic heterocycles. The molecular formula is C57H100N4O15Si2. The van der Waals surface area contributed by atoms with Crippen molar-refractivity contribution in [2.45, 2.75) is 265 Å². The zero-order valence-corrected chi connectivity index (χ0v) is 52.8. The van der Waals surface area contributed by atoms with Crippen molar-refractivity contribution < 1.29 is 71.1 Å². The van der Waals surface area contributed by atoms with Gasteiger partial charge in [0, 0.05) is 70.2 Å². The van der Waals surface area contributed by atoms with Gasteiger partial charge in [-0.3, -0.25) is 0 Å². The van der Waals surface area contributed by atoms with E-state index >= 15 is 0 Å². The molecule has 11 atom stereocenters. The third kappa shape index (κ3) is 18.2. The van der Waals surface area contributed by atoms with E-state index in [0.717, 1.165) is 63.1 Å². The second kappa shape index (κ2) is 25.3. The highest BCUT2D eigenvalue weighted by Crippen LogP contribution is 2.54. The lowest BCUT2D eigenvalue weighted by atomic mass is 9.62. The van der Waals surface area contributed by atoms with Crippen LogP contribution in [0.15, 0.2) is 25.3 Å². The summed E-state index contributed by atoms with van der Waals surface area (Å²) >= 11 is 0. The number of hydrogen-bond donors (Lipinski definition) is 4. The Morgan fingerprint density at radius 2 is 1.01 bits per heavy atom. The van der Waals surface area contributed by atoms with Gasteiger partial charge in [-0.25, -0.2) is 28.8 Å². The molecule has 2 saturated carbocycles. The number of amides is 4. The lowest BCUT2D eigenvalue weighted by molar-refractivity contribution is -0.160. The van der Waals surface area contributed by atoms with Gasteiger partial charge < -0.3 is 63.6 Å². The van der Waals surface area contributed by atoms with Gasteiger partial charge in [0.1, 0.15) is 12.2 Å². The maximum Gasteiger partial charge on any atom is 0.410 e. The largest absolute Gasteiger partial charge is 0.422 e. The van der Waals surface area contributed by atoms with Crippen LogP contribution in [0.25, 0.3) is 0 Å². The summed E-state index contributed by atoms with van der Waals surface area (Å²) in [7, 11) is -4.61. The second-order valence-electron chi connectivity index (χ2n) is 27.0. The number of ether oxygens (including phenoxy) is 8. The lowest BCUT2D eigenvalue weighted by Gasteiger charge is -2.53. The number of carbonyl (C=O) groups is 6. The highest BCUT2D eigenvalue weighted by molar-refractivity contribution is 6.82. The fourth-order valence-electron chi connectivity index (χ4n) is 13.4. The molecule has 0 spiro atoms. The van der Waals surface area contributed by atoms with E-state index in [4.69, 9.17) is 42.3 Å². The van der Waals surface area contributed by atoms with E-state index in [1.165, 1.54) is 13.8 Å². The molecule has 446 valence electrons. The summed E-state index contributed by atoms with van der Waals surface area (Å²) in [5, 5.41) is 11.4. The zero-order chi connectivity index (χ0) is 59.1. The van der Waals surface area contributed by atoms with Gasteiger partial charge in [0.15, 0.2) is 8.32 Å². The molecular weight excluding hydrogens is 1040 g/mol. The minimum atomic E-state index is -2.46. The van der Waals surface area contributed by atoms with Crippen molar-refractivity contribution in [3.8, 4) is 0 Å². The van der Waals surface area contributed by atoms with Crippen molar-refractivity contribution in [2.75, 3.05) is 13.1 Å². The van der Waals surface area contributed by atoms with Crippen LogP contribution in [0.1, 0.15) is 174 Å². The van der Waals surface area contributed by atoms with Crippen molar-refractivity contribution in [1.29, 1.82) is 0 Å². The van der Waals surface area contributed by atoms with Gasteiger partial charge in [0.25, 0.3) is 0 Å². The molecule has 19 nitrogen and oxygen atoms in total. The molecule has 21 heteroatoms. The van der Waals surface area contributed by atoms with Gasteiger partial charge in [-0.05, 0) is 110 Å². The second-order valence-corrected chi connectivity index (χ2v) is 36.6. The topological polar surface area (TPSA) is 240 Å². The van der Waals surface area contributed by atoms with Crippen molar-refractivity contribution in [2.24, 2.45) is 21.7 Å². The third-order valence-corrected chi connectivity index (χ3v) is 27.2. The van der Waals surface area contributed by atoms with Gasteiger partial charge in [0.2, 0.25) is 24.2 Å². The first kappa shape index (κ1) is 66.3. The van der Waals surface area contributed by atoms with Crippen molar-refractivity contribution >= 4 is 52.7 Å². The minimum Gasteiger partial charge on any atom is -0.422 e. The fraction of sp³-hybridized carbons (Fsp3) is 0.825. The number of rotatable bonds is 27. The van der Waals surface area contributed by atoms with E-state index in [2.05, 4.69) is 130 Å². The van der Waals surface area contributed by atoms with Crippen LogP contribution in [0.5, 0.6) is 0 Å². The Labute approximate surface area is 468 Å². The molecule has 4 fully saturated rings. The molecule has 0 radical (unpaired) electrons. The quantitative estimate of drug-likeness (QED) is 0.0149. The molecule has 4 amide bonds. The number of epoxide rings is 2. The molecule has 78 heavy (non-hydrogen) atoms. The fourth-order valence-corrected chi connectivity index (χ4v) is 21.8. The first-order chi connectivity index (χ1) is 35.8. The Bertz CT molecular complexity index is 2170. The Balaban J connectivity index is 1.27. The first-order valence-corrected chi connectivity index (χ1v) is 34.5. The predicted octanol–water partition coefficient (Wildman–Crippen LogP) is 11.8. The average molecular weight is 1140 g/mol. The minimum absolute atomic E-state index is 0.120. The van der Waals surface area contributed by atoms with Gasteiger partial charge in [-0.1, -0.05) is 108 Å². The Hall–Kier alpha value is -4.19. The van der Waals surface area contributed by atoms with Crippen molar-refractivity contribution in [3.63, 3.8) is 0 Å². The summed E-state index contributed by atoms with van der Waals surface area (Å²) in [6, 6.07) is 0.451. The molecule has 4 N–H and O–H groups in total. The van der Waals surface area contributed by atoms with Crippen LogP contribution in [0.4, 0.5) is 19.2 Å². The predicted molar refractivity (Wildman–Crippen MR) is 302 cm³/mol. The first-order valence-electron chi connectivity index (χ1n) is 28.4. The molecule has 0 aromatic rings. The van der Waals surface area contributed by atoms with E-state index in [-0.39, 0.29) is 56.2 Å². The van der Waals surface area contributed by atoms with E-state index in [9.17, 15) is 28.8 Å². The van der Waals surface area contributed by atoms with E-state index in [1.807, 2.05) is 13.8 Å². The molecule has 4 rings (SSSR count). The summed E-state index contributed by atoms with van der Waals surface area (Å²) in [5.41, 5.74) is -1.01. The van der Waals surface area contributed by atoms with E-state index < -0.39 is 76.9 Å². The van der Waals surface area contributed by atoms with Crippen LogP contribution < -0.4 is 21.3 Å². The van der Waals surface area contributed by atoms with Crippen LogP contribution in [-0.2, 0) is 51.9 Å². The van der Waals surface area contributed by atoms with Crippen LogP contribution in [0.2, 0.25) is 37.3 Å². The molecule has 2 saturated heterocycles. The summed E-state index contributed by atoms with van der Waals surface area (Å²) in [6.07, 6.45) is 6.01. The van der Waals surface area contributed by atoms with Crippen LogP contribution in [0, 0.1) is 21.7 Å².